The zero-order valence-electron chi connectivity index (χ0n) is 12.3. The maximum Gasteiger partial charge on any atom is 0.273 e. The molecule has 0 aliphatic rings. The summed E-state index contributed by atoms with van der Waals surface area (Å²) in [6.07, 6.45) is 0. The van der Waals surface area contributed by atoms with E-state index in [9.17, 15) is 4.79 Å². The molecule has 0 saturated carbocycles. The van der Waals surface area contributed by atoms with E-state index >= 15 is 0 Å². The molecule has 0 saturated heterocycles. The number of hydrogen-bond donors (Lipinski definition) is 2. The van der Waals surface area contributed by atoms with Crippen molar-refractivity contribution >= 4 is 5.91 Å². The van der Waals surface area contributed by atoms with E-state index in [0.29, 0.717) is 12.2 Å². The highest BCUT2D eigenvalue weighted by atomic mass is 16.3. The first kappa shape index (κ1) is 15.2. The lowest BCUT2D eigenvalue weighted by Gasteiger charge is -2.11. The minimum Gasteiger partial charge on any atom is -0.395 e. The highest BCUT2D eigenvalue weighted by Gasteiger charge is 2.21. The maximum atomic E-state index is 12.1. The van der Waals surface area contributed by atoms with Gasteiger partial charge >= 0.3 is 0 Å². The number of carbonyl (C=O) groups excluding carboxylic acids is 1. The van der Waals surface area contributed by atoms with Crippen molar-refractivity contribution in [2.45, 2.75) is 26.3 Å². The average Bonchev–Trinajstić information content (AvgIpc) is 2.89. The molecule has 6 nitrogen and oxygen atoms in total. The largest absolute Gasteiger partial charge is 0.395 e. The van der Waals surface area contributed by atoms with Crippen molar-refractivity contribution in [1.29, 1.82) is 0 Å². The van der Waals surface area contributed by atoms with E-state index in [1.54, 1.807) is 4.68 Å². The molecule has 0 radical (unpaired) electrons. The third kappa shape index (κ3) is 3.66. The number of benzene rings is 1. The molecule has 1 aromatic heterocycles. The molecule has 1 heterocycles. The van der Waals surface area contributed by atoms with Crippen LogP contribution in [0.15, 0.2) is 30.3 Å². The molecule has 0 atom stereocenters. The first-order valence-electron chi connectivity index (χ1n) is 6.99. The van der Waals surface area contributed by atoms with Crippen molar-refractivity contribution in [3.05, 3.63) is 47.3 Å². The maximum absolute atomic E-state index is 12.1. The normalized spacial score (nSPS) is 10.9. The van der Waals surface area contributed by atoms with Crippen LogP contribution in [0.3, 0.4) is 0 Å². The number of rotatable bonds is 6. The van der Waals surface area contributed by atoms with Crippen LogP contribution < -0.4 is 5.32 Å². The Labute approximate surface area is 123 Å². The van der Waals surface area contributed by atoms with Gasteiger partial charge in [-0.25, -0.2) is 4.68 Å². The van der Waals surface area contributed by atoms with E-state index in [4.69, 9.17) is 5.11 Å². The van der Waals surface area contributed by atoms with Gasteiger partial charge in [-0.15, -0.1) is 5.10 Å². The second-order valence-corrected chi connectivity index (χ2v) is 5.10. The van der Waals surface area contributed by atoms with E-state index in [1.807, 2.05) is 44.2 Å². The Bertz CT molecular complexity index is 593. The Morgan fingerprint density at radius 1 is 1.33 bits per heavy atom. The predicted molar refractivity (Wildman–Crippen MR) is 79.1 cm³/mol. The van der Waals surface area contributed by atoms with Gasteiger partial charge in [-0.05, 0) is 11.5 Å². The molecule has 0 aliphatic heterocycles. The number of carbonyl (C=O) groups is 1. The molecule has 112 valence electrons. The van der Waals surface area contributed by atoms with Crippen molar-refractivity contribution in [3.63, 3.8) is 0 Å². The summed E-state index contributed by atoms with van der Waals surface area (Å²) in [6.45, 7) is 4.70. The Hall–Kier alpha value is -2.21. The van der Waals surface area contributed by atoms with Crippen LogP contribution in [0, 0.1) is 0 Å². The number of nitrogens with zero attached hydrogens (tertiary/aromatic N) is 3. The van der Waals surface area contributed by atoms with E-state index in [-0.39, 0.29) is 25.0 Å². The summed E-state index contributed by atoms with van der Waals surface area (Å²) in [7, 11) is 0. The van der Waals surface area contributed by atoms with Crippen molar-refractivity contribution < 1.29 is 9.90 Å². The quantitative estimate of drug-likeness (QED) is 0.836. The number of aromatic nitrogens is 3. The van der Waals surface area contributed by atoms with Crippen LogP contribution in [0.1, 0.15) is 41.5 Å². The molecule has 2 rings (SSSR count). The Kier molecular flexibility index (Phi) is 5.05. The summed E-state index contributed by atoms with van der Waals surface area (Å²) < 4.78 is 1.76. The van der Waals surface area contributed by atoms with E-state index in [0.717, 1.165) is 11.3 Å². The van der Waals surface area contributed by atoms with Gasteiger partial charge in [0.05, 0.1) is 18.8 Å². The molecule has 1 amide bonds. The highest BCUT2D eigenvalue weighted by Crippen LogP contribution is 2.18. The molecule has 0 unspecified atom stereocenters. The van der Waals surface area contributed by atoms with Crippen molar-refractivity contribution in [3.8, 4) is 0 Å². The fourth-order valence-corrected chi connectivity index (χ4v) is 2.18. The van der Waals surface area contributed by atoms with Crippen LogP contribution in [0.5, 0.6) is 0 Å². The zero-order valence-corrected chi connectivity index (χ0v) is 12.3. The van der Waals surface area contributed by atoms with Gasteiger partial charge in [0.15, 0.2) is 5.69 Å². The lowest BCUT2D eigenvalue weighted by atomic mass is 10.1. The van der Waals surface area contributed by atoms with E-state index in [1.165, 1.54) is 0 Å². The molecule has 0 bridgehead atoms. The van der Waals surface area contributed by atoms with Gasteiger partial charge in [-0.1, -0.05) is 49.4 Å². The van der Waals surface area contributed by atoms with Gasteiger partial charge in [-0.2, -0.15) is 0 Å². The Balaban J connectivity index is 2.26. The van der Waals surface area contributed by atoms with Gasteiger partial charge < -0.3 is 10.4 Å². The van der Waals surface area contributed by atoms with Crippen molar-refractivity contribution in [2.75, 3.05) is 13.2 Å². The smallest absolute Gasteiger partial charge is 0.273 e. The minimum atomic E-state index is -0.299. The summed E-state index contributed by atoms with van der Waals surface area (Å²) in [5.41, 5.74) is 2.23. The third-order valence-corrected chi connectivity index (χ3v) is 3.11. The molecule has 0 fully saturated rings. The molecule has 1 aromatic carbocycles. The second kappa shape index (κ2) is 6.99. The molecule has 21 heavy (non-hydrogen) atoms. The molecule has 2 N–H and O–H groups in total. The molecular formula is C15H20N4O2. The highest BCUT2D eigenvalue weighted by molar-refractivity contribution is 5.93. The topological polar surface area (TPSA) is 80.0 Å². The summed E-state index contributed by atoms with van der Waals surface area (Å²) in [6, 6.07) is 9.92. The van der Waals surface area contributed by atoms with Gasteiger partial charge in [0, 0.05) is 6.54 Å². The fraction of sp³-hybridized carbons (Fsp3) is 0.400. The Morgan fingerprint density at radius 3 is 2.67 bits per heavy atom. The lowest BCUT2D eigenvalue weighted by molar-refractivity contribution is 0.0938. The van der Waals surface area contributed by atoms with Crippen LogP contribution in [0.25, 0.3) is 0 Å². The summed E-state index contributed by atoms with van der Waals surface area (Å²) >= 11 is 0. The van der Waals surface area contributed by atoms with Crippen LogP contribution in [0.4, 0.5) is 0 Å². The van der Waals surface area contributed by atoms with Gasteiger partial charge in [-0.3, -0.25) is 4.79 Å². The van der Waals surface area contributed by atoms with Crippen molar-refractivity contribution in [2.24, 2.45) is 0 Å². The number of hydrogen-bond acceptors (Lipinski definition) is 4. The second-order valence-electron chi connectivity index (χ2n) is 5.10. The molecule has 6 heteroatoms. The third-order valence-electron chi connectivity index (χ3n) is 3.11. The molecule has 0 aliphatic carbocycles. The lowest BCUT2D eigenvalue weighted by Crippen LogP contribution is -2.28. The number of amides is 1. The standard InChI is InChI=1S/C15H20N4O2/c1-11(2)14-13(15(21)16-8-9-20)17-18-19(14)10-12-6-4-3-5-7-12/h3-7,11,20H,8-10H2,1-2H3,(H,16,21). The summed E-state index contributed by atoms with van der Waals surface area (Å²) in [5.74, 6) is -0.175. The van der Waals surface area contributed by atoms with Gasteiger partial charge in [0.25, 0.3) is 5.91 Å². The van der Waals surface area contributed by atoms with Crippen LogP contribution in [-0.2, 0) is 6.54 Å². The predicted octanol–water partition coefficient (Wildman–Crippen LogP) is 1.17. The van der Waals surface area contributed by atoms with Crippen molar-refractivity contribution in [1.82, 2.24) is 20.3 Å². The fourth-order valence-electron chi connectivity index (χ4n) is 2.18. The number of aliphatic hydroxyl groups excluding tert-OH is 1. The SMILES string of the molecule is CC(C)c1c(C(=O)NCCO)nnn1Cc1ccccc1. The van der Waals surface area contributed by atoms with Crippen LogP contribution in [0.2, 0.25) is 0 Å². The first-order valence-corrected chi connectivity index (χ1v) is 6.99. The monoisotopic (exact) mass is 288 g/mol. The number of nitrogens with one attached hydrogen (secondary N) is 1. The van der Waals surface area contributed by atoms with Gasteiger partial charge in [0.1, 0.15) is 0 Å². The van der Waals surface area contributed by atoms with Gasteiger partial charge in [0.2, 0.25) is 0 Å². The van der Waals surface area contributed by atoms with Crippen LogP contribution >= 0.6 is 0 Å². The molecular weight excluding hydrogens is 268 g/mol. The summed E-state index contributed by atoms with van der Waals surface area (Å²) in [5, 5.41) is 19.5. The Morgan fingerprint density at radius 2 is 2.05 bits per heavy atom. The minimum absolute atomic E-state index is 0.0963. The number of aliphatic hydroxyl groups is 1. The summed E-state index contributed by atoms with van der Waals surface area (Å²) in [4.78, 5) is 12.1. The molecule has 2 aromatic rings. The molecule has 0 spiro atoms. The van der Waals surface area contributed by atoms with E-state index < -0.39 is 0 Å². The average molecular weight is 288 g/mol. The van der Waals surface area contributed by atoms with E-state index in [2.05, 4.69) is 15.6 Å². The zero-order chi connectivity index (χ0) is 15.2. The first-order chi connectivity index (χ1) is 10.1. The van der Waals surface area contributed by atoms with Crippen LogP contribution in [-0.4, -0.2) is 39.2 Å².